The molecule has 1 heterocycles. The summed E-state index contributed by atoms with van der Waals surface area (Å²) in [6.45, 7) is -2.30. The van der Waals surface area contributed by atoms with Gasteiger partial charge in [0.25, 0.3) is 5.22 Å². The van der Waals surface area contributed by atoms with Crippen molar-refractivity contribution in [3.63, 3.8) is 0 Å². The maximum atomic E-state index is 12.2. The lowest BCUT2D eigenvalue weighted by atomic mass is 10.2. The van der Waals surface area contributed by atoms with Gasteiger partial charge in [-0.15, -0.1) is 10.2 Å². The Labute approximate surface area is 163 Å². The van der Waals surface area contributed by atoms with Crippen LogP contribution in [0.4, 0.5) is 8.78 Å². The lowest BCUT2D eigenvalue weighted by molar-refractivity contribution is -0.0498. The van der Waals surface area contributed by atoms with Crippen LogP contribution in [0.15, 0.2) is 58.2 Å². The van der Waals surface area contributed by atoms with E-state index in [1.807, 2.05) is 12.1 Å². The molecule has 0 unspecified atom stereocenters. The maximum Gasteiger partial charge on any atom is 0.387 e. The predicted octanol–water partition coefficient (Wildman–Crippen LogP) is 5.55. The van der Waals surface area contributed by atoms with E-state index in [9.17, 15) is 8.78 Å². The topological polar surface area (TPSA) is 57.4 Å². The number of thioether (sulfide) groups is 1. The van der Waals surface area contributed by atoms with Crippen LogP contribution >= 0.6 is 23.4 Å². The first-order valence-corrected chi connectivity index (χ1v) is 9.36. The second kappa shape index (κ2) is 9.57. The maximum absolute atomic E-state index is 12.2. The van der Waals surface area contributed by atoms with Gasteiger partial charge in [0, 0.05) is 16.3 Å². The fourth-order valence-corrected chi connectivity index (χ4v) is 2.90. The standard InChI is InChI=1S/C18H15ClF2N2O3S/c19-13-4-8-14(9-5-13)24-10-1-11-27-18-23-22-16(26-18)12-2-6-15(7-3-12)25-17(20)21/h2-9,17H,1,10-11H2. The first-order valence-electron chi connectivity index (χ1n) is 8.00. The molecule has 3 rings (SSSR count). The SMILES string of the molecule is FC(F)Oc1ccc(-c2nnc(SCCCOc3ccc(Cl)cc3)o2)cc1. The predicted molar refractivity (Wildman–Crippen MR) is 98.7 cm³/mol. The lowest BCUT2D eigenvalue weighted by Crippen LogP contribution is -2.01. The van der Waals surface area contributed by atoms with Crippen molar-refractivity contribution in [2.24, 2.45) is 0 Å². The Morgan fingerprint density at radius 3 is 2.41 bits per heavy atom. The third-order valence-electron chi connectivity index (χ3n) is 3.33. The van der Waals surface area contributed by atoms with Crippen molar-refractivity contribution in [3.8, 4) is 23.0 Å². The molecule has 0 aliphatic rings. The summed E-state index contributed by atoms with van der Waals surface area (Å²) < 4.78 is 39.8. The number of ether oxygens (including phenoxy) is 2. The molecule has 0 aliphatic carbocycles. The van der Waals surface area contributed by atoms with E-state index in [0.29, 0.717) is 28.3 Å². The van der Waals surface area contributed by atoms with Crippen molar-refractivity contribution in [1.82, 2.24) is 10.2 Å². The Balaban J connectivity index is 1.43. The van der Waals surface area contributed by atoms with E-state index >= 15 is 0 Å². The fourth-order valence-electron chi connectivity index (χ4n) is 2.10. The minimum absolute atomic E-state index is 0.0727. The zero-order valence-electron chi connectivity index (χ0n) is 14.0. The van der Waals surface area contributed by atoms with Crippen LogP contribution in [0.2, 0.25) is 5.02 Å². The van der Waals surface area contributed by atoms with E-state index in [0.717, 1.165) is 17.9 Å². The van der Waals surface area contributed by atoms with Gasteiger partial charge in [0.1, 0.15) is 11.5 Å². The molecule has 27 heavy (non-hydrogen) atoms. The number of hydrogen-bond donors (Lipinski definition) is 0. The molecule has 0 spiro atoms. The molecule has 0 saturated carbocycles. The van der Waals surface area contributed by atoms with Crippen LogP contribution in [0, 0.1) is 0 Å². The average molecular weight is 413 g/mol. The van der Waals surface area contributed by atoms with Crippen molar-refractivity contribution in [2.75, 3.05) is 12.4 Å². The first-order chi connectivity index (χ1) is 13.1. The van der Waals surface area contributed by atoms with Crippen molar-refractivity contribution in [2.45, 2.75) is 18.3 Å². The van der Waals surface area contributed by atoms with E-state index in [1.54, 1.807) is 24.3 Å². The quantitative estimate of drug-likeness (QED) is 0.339. The Kier molecular flexibility index (Phi) is 6.89. The zero-order chi connectivity index (χ0) is 19.1. The minimum atomic E-state index is -2.86. The summed E-state index contributed by atoms with van der Waals surface area (Å²) in [5.41, 5.74) is 0.627. The molecule has 9 heteroatoms. The smallest absolute Gasteiger partial charge is 0.387 e. The molecule has 0 atom stereocenters. The molecule has 0 bridgehead atoms. The van der Waals surface area contributed by atoms with Crippen molar-refractivity contribution < 1.29 is 22.7 Å². The van der Waals surface area contributed by atoms with Crippen LogP contribution in [0.25, 0.3) is 11.5 Å². The highest BCUT2D eigenvalue weighted by Gasteiger charge is 2.10. The Morgan fingerprint density at radius 2 is 1.70 bits per heavy atom. The molecule has 2 aromatic carbocycles. The van der Waals surface area contributed by atoms with Crippen molar-refractivity contribution >= 4 is 23.4 Å². The van der Waals surface area contributed by atoms with E-state index in [2.05, 4.69) is 14.9 Å². The third-order valence-corrected chi connectivity index (χ3v) is 4.49. The highest BCUT2D eigenvalue weighted by molar-refractivity contribution is 7.99. The molecular weight excluding hydrogens is 398 g/mol. The van der Waals surface area contributed by atoms with E-state index in [-0.39, 0.29) is 5.75 Å². The van der Waals surface area contributed by atoms with Gasteiger partial charge in [-0.25, -0.2) is 0 Å². The Hall–Kier alpha value is -2.32. The highest BCUT2D eigenvalue weighted by atomic mass is 35.5. The second-order valence-corrected chi connectivity index (χ2v) is 6.76. The van der Waals surface area contributed by atoms with Crippen LogP contribution < -0.4 is 9.47 Å². The monoisotopic (exact) mass is 412 g/mol. The van der Waals surface area contributed by atoms with Crippen LogP contribution in [-0.2, 0) is 0 Å². The van der Waals surface area contributed by atoms with E-state index in [4.69, 9.17) is 20.8 Å². The third kappa shape index (κ3) is 6.11. The number of halogens is 3. The van der Waals surface area contributed by atoms with Gasteiger partial charge in [-0.3, -0.25) is 0 Å². The molecular formula is C18H15ClF2N2O3S. The van der Waals surface area contributed by atoms with Gasteiger partial charge in [-0.1, -0.05) is 23.4 Å². The zero-order valence-corrected chi connectivity index (χ0v) is 15.6. The molecule has 0 radical (unpaired) electrons. The van der Waals surface area contributed by atoms with E-state index in [1.165, 1.54) is 23.9 Å². The van der Waals surface area contributed by atoms with Crippen LogP contribution in [-0.4, -0.2) is 29.2 Å². The van der Waals surface area contributed by atoms with Gasteiger partial charge >= 0.3 is 6.61 Å². The summed E-state index contributed by atoms with van der Waals surface area (Å²) in [7, 11) is 0. The van der Waals surface area contributed by atoms with Gasteiger partial charge in [-0.05, 0) is 55.0 Å². The number of benzene rings is 2. The average Bonchev–Trinajstić information content (AvgIpc) is 3.12. The summed E-state index contributed by atoms with van der Waals surface area (Å²) in [6, 6.07) is 13.2. The normalized spacial score (nSPS) is 11.0. The summed E-state index contributed by atoms with van der Waals surface area (Å²) in [4.78, 5) is 0. The number of nitrogens with zero attached hydrogens (tertiary/aromatic N) is 2. The van der Waals surface area contributed by atoms with Crippen molar-refractivity contribution in [1.29, 1.82) is 0 Å². The van der Waals surface area contributed by atoms with Crippen molar-refractivity contribution in [3.05, 3.63) is 53.6 Å². The molecule has 142 valence electrons. The lowest BCUT2D eigenvalue weighted by Gasteiger charge is -2.05. The highest BCUT2D eigenvalue weighted by Crippen LogP contribution is 2.26. The summed E-state index contributed by atoms with van der Waals surface area (Å²) in [5.74, 6) is 1.90. The number of alkyl halides is 2. The molecule has 0 saturated heterocycles. The molecule has 5 nitrogen and oxygen atoms in total. The van der Waals surface area contributed by atoms with E-state index < -0.39 is 6.61 Å². The molecule has 0 fully saturated rings. The van der Waals surface area contributed by atoms with Gasteiger partial charge < -0.3 is 13.9 Å². The van der Waals surface area contributed by atoms with Gasteiger partial charge in [0.15, 0.2) is 0 Å². The molecule has 1 aromatic heterocycles. The number of aromatic nitrogens is 2. The molecule has 0 amide bonds. The molecule has 0 aliphatic heterocycles. The minimum Gasteiger partial charge on any atom is -0.494 e. The summed E-state index contributed by atoms with van der Waals surface area (Å²) in [5, 5.41) is 9.03. The Bertz CT molecular complexity index is 845. The number of hydrogen-bond acceptors (Lipinski definition) is 6. The molecule has 0 N–H and O–H groups in total. The largest absolute Gasteiger partial charge is 0.494 e. The van der Waals surface area contributed by atoms with Crippen LogP contribution in [0.5, 0.6) is 11.5 Å². The van der Waals surface area contributed by atoms with Crippen LogP contribution in [0.3, 0.4) is 0 Å². The van der Waals surface area contributed by atoms with Gasteiger partial charge in [0.05, 0.1) is 6.61 Å². The Morgan fingerprint density at radius 1 is 1.00 bits per heavy atom. The molecule has 3 aromatic rings. The number of rotatable bonds is 9. The second-order valence-electron chi connectivity index (χ2n) is 5.28. The van der Waals surface area contributed by atoms with Crippen LogP contribution in [0.1, 0.15) is 6.42 Å². The van der Waals surface area contributed by atoms with Gasteiger partial charge in [-0.2, -0.15) is 8.78 Å². The van der Waals surface area contributed by atoms with Gasteiger partial charge in [0.2, 0.25) is 5.89 Å². The fraction of sp³-hybridized carbons (Fsp3) is 0.222. The summed E-state index contributed by atoms with van der Waals surface area (Å²) >= 11 is 7.24. The first kappa shape index (κ1) is 19.4. The summed E-state index contributed by atoms with van der Waals surface area (Å²) in [6.07, 6.45) is 0.796.